The third-order valence-corrected chi connectivity index (χ3v) is 3.90. The van der Waals surface area contributed by atoms with E-state index in [-0.39, 0.29) is 0 Å². The Labute approximate surface area is 127 Å². The predicted molar refractivity (Wildman–Crippen MR) is 82.3 cm³/mol. The molecule has 1 saturated heterocycles. The zero-order chi connectivity index (χ0) is 14.9. The molecule has 1 aromatic rings. The topological polar surface area (TPSA) is 45.5 Å². The Hall–Kier alpha value is -1.57. The second-order valence-corrected chi connectivity index (χ2v) is 5.43. The maximum Gasteiger partial charge on any atom is 0.120 e. The summed E-state index contributed by atoms with van der Waals surface area (Å²) < 4.78 is 11.2. The molecule has 1 aromatic carbocycles. The van der Waals surface area contributed by atoms with Crippen LogP contribution in [-0.2, 0) is 4.74 Å². The maximum atomic E-state index is 8.85. The summed E-state index contributed by atoms with van der Waals surface area (Å²) >= 11 is 0. The molecule has 4 nitrogen and oxygen atoms in total. The van der Waals surface area contributed by atoms with Crippen molar-refractivity contribution in [2.45, 2.75) is 19.8 Å². The van der Waals surface area contributed by atoms with E-state index in [1.54, 1.807) is 12.1 Å². The van der Waals surface area contributed by atoms with Crippen LogP contribution in [0.4, 0.5) is 0 Å². The maximum absolute atomic E-state index is 8.85. The van der Waals surface area contributed by atoms with Crippen LogP contribution in [0.2, 0.25) is 0 Å². The van der Waals surface area contributed by atoms with E-state index < -0.39 is 0 Å². The molecule has 0 unspecified atom stereocenters. The van der Waals surface area contributed by atoms with Gasteiger partial charge in [0.1, 0.15) is 12.4 Å². The lowest BCUT2D eigenvalue weighted by Crippen LogP contribution is -2.37. The van der Waals surface area contributed by atoms with Gasteiger partial charge in [-0.3, -0.25) is 4.90 Å². The van der Waals surface area contributed by atoms with Gasteiger partial charge in [-0.1, -0.05) is 6.07 Å². The molecule has 0 aromatic heterocycles. The fourth-order valence-electron chi connectivity index (χ4n) is 2.61. The van der Waals surface area contributed by atoms with Crippen molar-refractivity contribution >= 4 is 0 Å². The van der Waals surface area contributed by atoms with Gasteiger partial charge in [-0.25, -0.2) is 0 Å². The molecule has 1 aliphatic rings. The Morgan fingerprint density at radius 2 is 2.14 bits per heavy atom. The first kappa shape index (κ1) is 15.8. The lowest BCUT2D eigenvalue weighted by molar-refractivity contribution is 0.0703. The minimum atomic E-state index is 0.643. The predicted octanol–water partition coefficient (Wildman–Crippen LogP) is 2.69. The molecule has 4 heteroatoms. The summed E-state index contributed by atoms with van der Waals surface area (Å²) in [4.78, 5) is 2.44. The van der Waals surface area contributed by atoms with Crippen molar-refractivity contribution < 1.29 is 9.47 Å². The number of piperidine rings is 1. The van der Waals surface area contributed by atoms with Gasteiger partial charge < -0.3 is 9.47 Å². The Kier molecular flexibility index (Phi) is 6.52. The molecule has 1 aliphatic heterocycles. The molecule has 0 N–H and O–H groups in total. The average molecular weight is 288 g/mol. The Bertz CT molecular complexity index is 462. The van der Waals surface area contributed by atoms with E-state index in [9.17, 15) is 0 Å². The standard InChI is InChI=1S/C17H24N2O2/c1-2-20-14-15-6-8-19(9-7-15)10-11-21-17-5-3-4-16(12-17)13-18/h3-5,12,15H,2,6-11,14H2,1H3. The van der Waals surface area contributed by atoms with Gasteiger partial charge in [0.15, 0.2) is 0 Å². The van der Waals surface area contributed by atoms with Gasteiger partial charge in [0.05, 0.1) is 11.6 Å². The van der Waals surface area contributed by atoms with Crippen LogP contribution in [0.1, 0.15) is 25.3 Å². The van der Waals surface area contributed by atoms with Crippen LogP contribution >= 0.6 is 0 Å². The average Bonchev–Trinajstić information content (AvgIpc) is 2.54. The van der Waals surface area contributed by atoms with Crippen LogP contribution in [0.5, 0.6) is 5.75 Å². The molecule has 0 amide bonds. The monoisotopic (exact) mass is 288 g/mol. The van der Waals surface area contributed by atoms with E-state index in [0.717, 1.165) is 44.5 Å². The first-order chi connectivity index (χ1) is 10.3. The van der Waals surface area contributed by atoms with Gasteiger partial charge in [-0.15, -0.1) is 0 Å². The summed E-state index contributed by atoms with van der Waals surface area (Å²) in [6.07, 6.45) is 2.42. The number of benzene rings is 1. The highest BCUT2D eigenvalue weighted by atomic mass is 16.5. The lowest BCUT2D eigenvalue weighted by atomic mass is 9.98. The zero-order valence-electron chi connectivity index (χ0n) is 12.8. The number of hydrogen-bond acceptors (Lipinski definition) is 4. The molecule has 1 heterocycles. The van der Waals surface area contributed by atoms with Crippen molar-refractivity contribution in [2.24, 2.45) is 5.92 Å². The van der Waals surface area contributed by atoms with Gasteiger partial charge in [-0.05, 0) is 57.0 Å². The molecule has 1 fully saturated rings. The summed E-state index contributed by atoms with van der Waals surface area (Å²) in [6, 6.07) is 9.45. The number of ether oxygens (including phenoxy) is 2. The second-order valence-electron chi connectivity index (χ2n) is 5.43. The molecule has 0 aliphatic carbocycles. The van der Waals surface area contributed by atoms with Crippen molar-refractivity contribution in [1.82, 2.24) is 4.90 Å². The molecule has 0 bridgehead atoms. The van der Waals surface area contributed by atoms with Crippen molar-refractivity contribution in [1.29, 1.82) is 5.26 Å². The lowest BCUT2D eigenvalue weighted by Gasteiger charge is -2.31. The highest BCUT2D eigenvalue weighted by Crippen LogP contribution is 2.17. The van der Waals surface area contributed by atoms with Crippen LogP contribution in [-0.4, -0.2) is 44.4 Å². The highest BCUT2D eigenvalue weighted by molar-refractivity contribution is 5.36. The van der Waals surface area contributed by atoms with Crippen molar-refractivity contribution in [3.63, 3.8) is 0 Å². The largest absolute Gasteiger partial charge is 0.492 e. The molecule has 0 atom stereocenters. The van der Waals surface area contributed by atoms with Crippen molar-refractivity contribution in [3.8, 4) is 11.8 Å². The number of nitriles is 1. The van der Waals surface area contributed by atoms with E-state index in [1.165, 1.54) is 12.8 Å². The van der Waals surface area contributed by atoms with Crippen LogP contribution < -0.4 is 4.74 Å². The normalized spacial score (nSPS) is 16.6. The van der Waals surface area contributed by atoms with Crippen LogP contribution in [0.15, 0.2) is 24.3 Å². The Morgan fingerprint density at radius 1 is 1.33 bits per heavy atom. The smallest absolute Gasteiger partial charge is 0.120 e. The van der Waals surface area contributed by atoms with E-state index in [2.05, 4.69) is 11.0 Å². The number of nitrogens with zero attached hydrogens (tertiary/aromatic N) is 2. The summed E-state index contributed by atoms with van der Waals surface area (Å²) in [6.45, 7) is 7.63. The first-order valence-corrected chi connectivity index (χ1v) is 7.75. The molecular formula is C17H24N2O2. The van der Waals surface area contributed by atoms with E-state index >= 15 is 0 Å². The number of hydrogen-bond donors (Lipinski definition) is 0. The van der Waals surface area contributed by atoms with Crippen LogP contribution in [0.25, 0.3) is 0 Å². The van der Waals surface area contributed by atoms with Gasteiger partial charge in [-0.2, -0.15) is 5.26 Å². The van der Waals surface area contributed by atoms with Crippen molar-refractivity contribution in [2.75, 3.05) is 39.5 Å². The summed E-state index contributed by atoms with van der Waals surface area (Å²) in [5.41, 5.74) is 0.643. The third kappa shape index (κ3) is 5.37. The van der Waals surface area contributed by atoms with Gasteiger partial charge in [0.2, 0.25) is 0 Å². The summed E-state index contributed by atoms with van der Waals surface area (Å²) in [7, 11) is 0. The molecule has 0 saturated carbocycles. The number of likely N-dealkylation sites (tertiary alicyclic amines) is 1. The van der Waals surface area contributed by atoms with Gasteiger partial charge >= 0.3 is 0 Å². The van der Waals surface area contributed by atoms with E-state index in [4.69, 9.17) is 14.7 Å². The summed E-state index contributed by atoms with van der Waals surface area (Å²) in [5.74, 6) is 1.50. The van der Waals surface area contributed by atoms with Crippen LogP contribution in [0, 0.1) is 17.2 Å². The van der Waals surface area contributed by atoms with E-state index in [0.29, 0.717) is 12.2 Å². The number of rotatable bonds is 7. The first-order valence-electron chi connectivity index (χ1n) is 7.75. The second kappa shape index (κ2) is 8.66. The zero-order valence-corrected chi connectivity index (χ0v) is 12.8. The molecule has 21 heavy (non-hydrogen) atoms. The van der Waals surface area contributed by atoms with Crippen LogP contribution in [0.3, 0.4) is 0 Å². The minimum Gasteiger partial charge on any atom is -0.492 e. The minimum absolute atomic E-state index is 0.643. The Balaban J connectivity index is 1.65. The van der Waals surface area contributed by atoms with Crippen molar-refractivity contribution in [3.05, 3.63) is 29.8 Å². The Morgan fingerprint density at radius 3 is 2.86 bits per heavy atom. The molecule has 0 radical (unpaired) electrons. The molecule has 0 spiro atoms. The highest BCUT2D eigenvalue weighted by Gasteiger charge is 2.18. The third-order valence-electron chi connectivity index (χ3n) is 3.90. The van der Waals surface area contributed by atoms with Gasteiger partial charge in [0.25, 0.3) is 0 Å². The quantitative estimate of drug-likeness (QED) is 0.774. The SMILES string of the molecule is CCOCC1CCN(CCOc2cccc(C#N)c2)CC1. The summed E-state index contributed by atoms with van der Waals surface area (Å²) in [5, 5.41) is 8.85. The van der Waals surface area contributed by atoms with Gasteiger partial charge in [0, 0.05) is 19.8 Å². The fraction of sp³-hybridized carbons (Fsp3) is 0.588. The fourth-order valence-corrected chi connectivity index (χ4v) is 2.61. The molecular weight excluding hydrogens is 264 g/mol. The molecule has 114 valence electrons. The van der Waals surface area contributed by atoms with E-state index in [1.807, 2.05) is 19.1 Å². The molecule has 2 rings (SSSR count).